The van der Waals surface area contributed by atoms with E-state index < -0.39 is 11.8 Å². The number of benzene rings is 2. The van der Waals surface area contributed by atoms with Gasteiger partial charge in [-0.2, -0.15) is 0 Å². The molecule has 1 fully saturated rings. The first-order valence-electron chi connectivity index (χ1n) is 8.50. The van der Waals surface area contributed by atoms with Crippen molar-refractivity contribution >= 4 is 11.7 Å². The predicted molar refractivity (Wildman–Crippen MR) is 95.0 cm³/mol. The van der Waals surface area contributed by atoms with E-state index >= 15 is 0 Å². The van der Waals surface area contributed by atoms with Crippen LogP contribution in [0, 0.1) is 11.6 Å². The number of morpholine rings is 1. The Morgan fingerprint density at radius 3 is 2.46 bits per heavy atom. The third kappa shape index (κ3) is 4.77. The Kier molecular flexibility index (Phi) is 6.14. The summed E-state index contributed by atoms with van der Waals surface area (Å²) in [4.78, 5) is 14.3. The molecule has 0 bridgehead atoms. The van der Waals surface area contributed by atoms with Crippen molar-refractivity contribution in [2.75, 3.05) is 38.2 Å². The number of halogens is 2. The molecule has 2 aromatic rings. The van der Waals surface area contributed by atoms with E-state index in [1.54, 1.807) is 24.3 Å². The van der Waals surface area contributed by atoms with E-state index in [1.165, 1.54) is 24.3 Å². The Hall–Kier alpha value is -2.51. The SMILES string of the molecule is O=C(NC[C@H](c1ccc(F)cc1)N1CCOCC1)Nc1ccccc1F. The molecule has 1 aliphatic rings. The van der Waals surface area contributed by atoms with Crippen molar-refractivity contribution in [3.8, 4) is 0 Å². The highest BCUT2D eigenvalue weighted by Gasteiger charge is 2.23. The number of carbonyl (C=O) groups excluding carboxylic acids is 1. The van der Waals surface area contributed by atoms with Gasteiger partial charge in [0.15, 0.2) is 0 Å². The van der Waals surface area contributed by atoms with Crippen LogP contribution >= 0.6 is 0 Å². The van der Waals surface area contributed by atoms with Crippen LogP contribution in [0.15, 0.2) is 48.5 Å². The fraction of sp³-hybridized carbons (Fsp3) is 0.316. The number of anilines is 1. The second-order valence-corrected chi connectivity index (χ2v) is 6.03. The monoisotopic (exact) mass is 361 g/mol. The van der Waals surface area contributed by atoms with E-state index in [2.05, 4.69) is 15.5 Å². The normalized spacial score (nSPS) is 16.1. The molecule has 1 aliphatic heterocycles. The van der Waals surface area contributed by atoms with Crippen LogP contribution in [-0.4, -0.2) is 43.8 Å². The smallest absolute Gasteiger partial charge is 0.319 e. The molecule has 1 atom stereocenters. The fourth-order valence-electron chi connectivity index (χ4n) is 2.95. The van der Waals surface area contributed by atoms with Gasteiger partial charge in [0, 0.05) is 19.6 Å². The maximum Gasteiger partial charge on any atom is 0.319 e. The van der Waals surface area contributed by atoms with Gasteiger partial charge in [-0.1, -0.05) is 24.3 Å². The second-order valence-electron chi connectivity index (χ2n) is 6.03. The molecule has 0 radical (unpaired) electrons. The summed E-state index contributed by atoms with van der Waals surface area (Å²) in [7, 11) is 0. The Morgan fingerprint density at radius 1 is 1.08 bits per heavy atom. The number of amides is 2. The summed E-state index contributed by atoms with van der Waals surface area (Å²) in [6.45, 7) is 2.97. The largest absolute Gasteiger partial charge is 0.379 e. The van der Waals surface area contributed by atoms with Crippen LogP contribution in [0.25, 0.3) is 0 Å². The molecule has 1 saturated heterocycles. The molecule has 5 nitrogen and oxygen atoms in total. The third-order valence-corrected chi connectivity index (χ3v) is 4.32. The molecule has 0 aliphatic carbocycles. The quantitative estimate of drug-likeness (QED) is 0.860. The highest BCUT2D eigenvalue weighted by atomic mass is 19.1. The summed E-state index contributed by atoms with van der Waals surface area (Å²) < 4.78 is 32.3. The summed E-state index contributed by atoms with van der Waals surface area (Å²) in [6.07, 6.45) is 0. The number of urea groups is 1. The number of hydrogen-bond acceptors (Lipinski definition) is 3. The van der Waals surface area contributed by atoms with Crippen LogP contribution in [0.3, 0.4) is 0 Å². The average Bonchev–Trinajstić information content (AvgIpc) is 2.66. The minimum absolute atomic E-state index is 0.120. The first-order chi connectivity index (χ1) is 12.6. The maximum atomic E-state index is 13.6. The molecule has 1 heterocycles. The minimum atomic E-state index is -0.495. The molecular weight excluding hydrogens is 340 g/mol. The Balaban J connectivity index is 1.66. The molecule has 2 aromatic carbocycles. The summed E-state index contributed by atoms with van der Waals surface area (Å²) in [5.41, 5.74) is 1.02. The van der Waals surface area contributed by atoms with Gasteiger partial charge in [-0.3, -0.25) is 4.90 Å². The van der Waals surface area contributed by atoms with Crippen molar-refractivity contribution in [3.63, 3.8) is 0 Å². The highest BCUT2D eigenvalue weighted by Crippen LogP contribution is 2.22. The average molecular weight is 361 g/mol. The number of ether oxygens (including phenoxy) is 1. The molecule has 7 heteroatoms. The number of nitrogens with one attached hydrogen (secondary N) is 2. The van der Waals surface area contributed by atoms with Gasteiger partial charge < -0.3 is 15.4 Å². The van der Waals surface area contributed by atoms with Crippen molar-refractivity contribution in [3.05, 3.63) is 65.7 Å². The first kappa shape index (κ1) is 18.3. The summed E-state index contributed by atoms with van der Waals surface area (Å²) >= 11 is 0. The molecule has 0 saturated carbocycles. The van der Waals surface area contributed by atoms with Crippen LogP contribution < -0.4 is 10.6 Å². The Labute approximate surface area is 151 Å². The van der Waals surface area contributed by atoms with Gasteiger partial charge in [-0.15, -0.1) is 0 Å². The van der Waals surface area contributed by atoms with Crippen molar-refractivity contribution < 1.29 is 18.3 Å². The number of nitrogens with zero attached hydrogens (tertiary/aromatic N) is 1. The predicted octanol–water partition coefficient (Wildman–Crippen LogP) is 3.16. The third-order valence-electron chi connectivity index (χ3n) is 4.32. The molecular formula is C19H21F2N3O2. The Morgan fingerprint density at radius 2 is 1.77 bits per heavy atom. The lowest BCUT2D eigenvalue weighted by Gasteiger charge is -2.35. The Bertz CT molecular complexity index is 734. The van der Waals surface area contributed by atoms with Crippen LogP contribution in [0.2, 0.25) is 0 Å². The minimum Gasteiger partial charge on any atom is -0.379 e. The van der Waals surface area contributed by atoms with E-state index in [4.69, 9.17) is 4.74 Å². The lowest BCUT2D eigenvalue weighted by Crippen LogP contribution is -2.44. The molecule has 2 amide bonds. The van der Waals surface area contributed by atoms with Gasteiger partial charge in [-0.25, -0.2) is 13.6 Å². The van der Waals surface area contributed by atoms with Crippen LogP contribution in [-0.2, 0) is 4.74 Å². The molecule has 138 valence electrons. The van der Waals surface area contributed by atoms with Gasteiger partial charge in [-0.05, 0) is 29.8 Å². The zero-order valence-electron chi connectivity index (χ0n) is 14.3. The summed E-state index contributed by atoms with van der Waals surface area (Å²) in [6, 6.07) is 11.6. The summed E-state index contributed by atoms with van der Waals surface area (Å²) in [5, 5.41) is 5.28. The van der Waals surface area contributed by atoms with Crippen molar-refractivity contribution in [1.82, 2.24) is 10.2 Å². The van der Waals surface area contributed by atoms with Crippen molar-refractivity contribution in [1.29, 1.82) is 0 Å². The van der Waals surface area contributed by atoms with Gasteiger partial charge in [0.1, 0.15) is 11.6 Å². The molecule has 0 spiro atoms. The van der Waals surface area contributed by atoms with Crippen LogP contribution in [0.1, 0.15) is 11.6 Å². The first-order valence-corrected chi connectivity index (χ1v) is 8.50. The second kappa shape index (κ2) is 8.73. The van der Waals surface area contributed by atoms with Gasteiger partial charge in [0.05, 0.1) is 24.9 Å². The van der Waals surface area contributed by atoms with Gasteiger partial charge in [0.25, 0.3) is 0 Å². The summed E-state index contributed by atoms with van der Waals surface area (Å²) in [5.74, 6) is -0.800. The van der Waals surface area contributed by atoms with Crippen molar-refractivity contribution in [2.24, 2.45) is 0 Å². The molecule has 2 N–H and O–H groups in total. The molecule has 0 unspecified atom stereocenters. The van der Waals surface area contributed by atoms with E-state index in [0.717, 1.165) is 18.7 Å². The van der Waals surface area contributed by atoms with E-state index in [0.29, 0.717) is 19.8 Å². The lowest BCUT2D eigenvalue weighted by molar-refractivity contribution is 0.0167. The topological polar surface area (TPSA) is 53.6 Å². The van der Waals surface area contributed by atoms with Crippen molar-refractivity contribution in [2.45, 2.75) is 6.04 Å². The fourth-order valence-corrected chi connectivity index (χ4v) is 2.95. The molecule has 26 heavy (non-hydrogen) atoms. The van der Waals surface area contributed by atoms with Gasteiger partial charge in [0.2, 0.25) is 0 Å². The number of para-hydroxylation sites is 1. The van der Waals surface area contributed by atoms with E-state index in [-0.39, 0.29) is 17.5 Å². The van der Waals surface area contributed by atoms with Gasteiger partial charge >= 0.3 is 6.03 Å². The van der Waals surface area contributed by atoms with E-state index in [9.17, 15) is 13.6 Å². The standard InChI is InChI=1S/C19H21F2N3O2/c20-15-7-5-14(6-8-15)18(24-9-11-26-12-10-24)13-22-19(25)23-17-4-2-1-3-16(17)21/h1-8,18H,9-13H2,(H2,22,23,25)/t18-/m1/s1. The number of rotatable bonds is 5. The zero-order chi connectivity index (χ0) is 18.4. The zero-order valence-corrected chi connectivity index (χ0v) is 14.3. The lowest BCUT2D eigenvalue weighted by atomic mass is 10.0. The van der Waals surface area contributed by atoms with Crippen LogP contribution in [0.4, 0.5) is 19.3 Å². The maximum absolute atomic E-state index is 13.6. The number of hydrogen-bond donors (Lipinski definition) is 2. The molecule has 3 rings (SSSR count). The van der Waals surface area contributed by atoms with Crippen LogP contribution in [0.5, 0.6) is 0 Å². The highest BCUT2D eigenvalue weighted by molar-refractivity contribution is 5.89. The van der Waals surface area contributed by atoms with E-state index in [1.807, 2.05) is 0 Å². The number of carbonyl (C=O) groups is 1. The molecule has 0 aromatic heterocycles.